The Bertz CT molecular complexity index is 479. The van der Waals surface area contributed by atoms with Crippen LogP contribution in [0.5, 0.6) is 0 Å². The van der Waals surface area contributed by atoms with Crippen LogP contribution in [-0.4, -0.2) is 25.0 Å². The Labute approximate surface area is 106 Å². The Hall–Kier alpha value is -1.84. The van der Waals surface area contributed by atoms with E-state index in [1.54, 1.807) is 0 Å². The van der Waals surface area contributed by atoms with Gasteiger partial charge in [-0.1, -0.05) is 24.3 Å². The number of hydrogen-bond acceptors (Lipinski definition) is 4. The second kappa shape index (κ2) is 4.44. The first-order valence-corrected chi connectivity index (χ1v) is 6.16. The fourth-order valence-corrected chi connectivity index (χ4v) is 2.30. The molecule has 1 aromatic rings. The summed E-state index contributed by atoms with van der Waals surface area (Å²) >= 11 is 0. The second-order valence-electron chi connectivity index (χ2n) is 4.62. The van der Waals surface area contributed by atoms with E-state index in [0.29, 0.717) is 13.2 Å². The molecule has 0 N–H and O–H groups in total. The van der Waals surface area contributed by atoms with E-state index < -0.39 is 0 Å². The first-order chi connectivity index (χ1) is 8.72. The molecule has 1 aromatic carbocycles. The van der Waals surface area contributed by atoms with Gasteiger partial charge in [-0.15, -0.1) is 0 Å². The lowest BCUT2D eigenvalue weighted by molar-refractivity contribution is 0.315. The molecule has 0 bridgehead atoms. The maximum atomic E-state index is 5.40. The highest BCUT2D eigenvalue weighted by Crippen LogP contribution is 2.28. The fraction of sp³-hybridized carbons (Fsp3) is 0.429. The highest BCUT2D eigenvalue weighted by atomic mass is 16.5. The van der Waals surface area contributed by atoms with Gasteiger partial charge in [0.15, 0.2) is 11.8 Å². The van der Waals surface area contributed by atoms with E-state index in [1.165, 1.54) is 11.1 Å². The van der Waals surface area contributed by atoms with Crippen LogP contribution in [0, 0.1) is 0 Å². The summed E-state index contributed by atoms with van der Waals surface area (Å²) in [6, 6.07) is 8.64. The molecule has 2 unspecified atom stereocenters. The molecule has 2 heterocycles. The van der Waals surface area contributed by atoms with Gasteiger partial charge < -0.3 is 9.47 Å². The number of hydrogen-bond donors (Lipinski definition) is 0. The number of aliphatic imine (C=N–C) groups is 2. The number of benzene rings is 1. The maximum Gasteiger partial charge on any atom is 0.180 e. The third-order valence-electron chi connectivity index (χ3n) is 3.26. The Balaban J connectivity index is 1.85. The summed E-state index contributed by atoms with van der Waals surface area (Å²) < 4.78 is 10.8. The van der Waals surface area contributed by atoms with Gasteiger partial charge in [-0.2, -0.15) is 0 Å². The summed E-state index contributed by atoms with van der Waals surface area (Å²) in [7, 11) is 0. The molecule has 0 amide bonds. The van der Waals surface area contributed by atoms with Crippen LogP contribution < -0.4 is 0 Å². The Morgan fingerprint density at radius 3 is 1.83 bits per heavy atom. The van der Waals surface area contributed by atoms with E-state index >= 15 is 0 Å². The minimum atomic E-state index is 0.123. The molecule has 0 radical (unpaired) electrons. The molecule has 0 saturated carbocycles. The molecule has 0 aromatic heterocycles. The molecule has 4 nitrogen and oxygen atoms in total. The lowest BCUT2D eigenvalue weighted by Gasteiger charge is -2.10. The first-order valence-electron chi connectivity index (χ1n) is 6.16. The predicted octanol–water partition coefficient (Wildman–Crippen LogP) is 2.67. The third kappa shape index (κ3) is 2.10. The standard InChI is InChI=1S/C14H16N2O2/c1-9-15-13(7-17-9)11-4-3-5-12(6-11)14-8-18-10(2)16-14/h3-6,13-14H,7-8H2,1-2H3. The molecule has 2 aliphatic rings. The van der Waals surface area contributed by atoms with Crippen molar-refractivity contribution in [2.45, 2.75) is 25.9 Å². The summed E-state index contributed by atoms with van der Waals surface area (Å²) in [5, 5.41) is 0. The first kappa shape index (κ1) is 11.3. The van der Waals surface area contributed by atoms with Gasteiger partial charge in [-0.25, -0.2) is 9.98 Å². The summed E-state index contributed by atoms with van der Waals surface area (Å²) in [6.45, 7) is 5.06. The molecule has 94 valence electrons. The van der Waals surface area contributed by atoms with Crippen molar-refractivity contribution in [2.75, 3.05) is 13.2 Å². The third-order valence-corrected chi connectivity index (χ3v) is 3.26. The van der Waals surface area contributed by atoms with E-state index in [9.17, 15) is 0 Å². The summed E-state index contributed by atoms with van der Waals surface area (Å²) in [6.07, 6.45) is 0. The van der Waals surface area contributed by atoms with Gasteiger partial charge in [0.1, 0.15) is 25.3 Å². The average Bonchev–Trinajstić information content (AvgIpc) is 2.98. The summed E-state index contributed by atoms with van der Waals surface area (Å²) in [5.74, 6) is 1.53. The highest BCUT2D eigenvalue weighted by Gasteiger charge is 2.21. The monoisotopic (exact) mass is 244 g/mol. The van der Waals surface area contributed by atoms with Crippen molar-refractivity contribution >= 4 is 11.8 Å². The maximum absolute atomic E-state index is 5.40. The minimum absolute atomic E-state index is 0.123. The van der Waals surface area contributed by atoms with Crippen LogP contribution in [0.2, 0.25) is 0 Å². The van der Waals surface area contributed by atoms with E-state index in [0.717, 1.165) is 11.8 Å². The van der Waals surface area contributed by atoms with E-state index in [4.69, 9.17) is 9.47 Å². The topological polar surface area (TPSA) is 43.2 Å². The smallest absolute Gasteiger partial charge is 0.180 e. The van der Waals surface area contributed by atoms with Crippen LogP contribution >= 0.6 is 0 Å². The number of rotatable bonds is 2. The van der Waals surface area contributed by atoms with Gasteiger partial charge in [0, 0.05) is 13.8 Å². The normalized spacial score (nSPS) is 26.3. The van der Waals surface area contributed by atoms with Crippen molar-refractivity contribution in [3.05, 3.63) is 35.4 Å². The molecule has 4 heteroatoms. The number of ether oxygens (including phenoxy) is 2. The lowest BCUT2D eigenvalue weighted by Crippen LogP contribution is -2.02. The van der Waals surface area contributed by atoms with Gasteiger partial charge in [0.2, 0.25) is 0 Å². The number of nitrogens with zero attached hydrogens (tertiary/aromatic N) is 2. The Morgan fingerprint density at radius 1 is 0.944 bits per heavy atom. The SMILES string of the molecule is CC1=NC(c2cccc(C3COC(C)=N3)c2)CO1. The van der Waals surface area contributed by atoms with Crippen LogP contribution in [-0.2, 0) is 9.47 Å². The molecule has 2 atom stereocenters. The molecule has 2 aliphatic heterocycles. The van der Waals surface area contributed by atoms with Gasteiger partial charge >= 0.3 is 0 Å². The highest BCUT2D eigenvalue weighted by molar-refractivity contribution is 5.75. The Morgan fingerprint density at radius 2 is 1.44 bits per heavy atom. The van der Waals surface area contributed by atoms with Crippen molar-refractivity contribution in [3.8, 4) is 0 Å². The summed E-state index contributed by atoms with van der Waals surface area (Å²) in [5.41, 5.74) is 2.37. The van der Waals surface area contributed by atoms with Crippen molar-refractivity contribution in [1.82, 2.24) is 0 Å². The fourth-order valence-electron chi connectivity index (χ4n) is 2.30. The minimum Gasteiger partial charge on any atom is -0.479 e. The molecule has 3 rings (SSSR count). The molecule has 18 heavy (non-hydrogen) atoms. The zero-order chi connectivity index (χ0) is 12.5. The van der Waals surface area contributed by atoms with Gasteiger partial charge in [0.25, 0.3) is 0 Å². The van der Waals surface area contributed by atoms with Gasteiger partial charge in [0.05, 0.1) is 0 Å². The molecule has 0 aliphatic carbocycles. The van der Waals surface area contributed by atoms with Crippen molar-refractivity contribution < 1.29 is 9.47 Å². The van der Waals surface area contributed by atoms with E-state index in [1.807, 2.05) is 13.8 Å². The van der Waals surface area contributed by atoms with Gasteiger partial charge in [-0.05, 0) is 11.1 Å². The molecule has 0 fully saturated rings. The molecule has 0 saturated heterocycles. The zero-order valence-electron chi connectivity index (χ0n) is 10.6. The predicted molar refractivity (Wildman–Crippen MR) is 70.0 cm³/mol. The Kier molecular flexibility index (Phi) is 2.78. The van der Waals surface area contributed by atoms with Crippen molar-refractivity contribution in [2.24, 2.45) is 9.98 Å². The second-order valence-corrected chi connectivity index (χ2v) is 4.62. The average molecular weight is 244 g/mol. The van der Waals surface area contributed by atoms with Crippen LogP contribution in [0.4, 0.5) is 0 Å². The van der Waals surface area contributed by atoms with Crippen molar-refractivity contribution in [3.63, 3.8) is 0 Å². The van der Waals surface area contributed by atoms with Crippen LogP contribution in [0.3, 0.4) is 0 Å². The zero-order valence-corrected chi connectivity index (χ0v) is 10.6. The largest absolute Gasteiger partial charge is 0.479 e. The van der Waals surface area contributed by atoms with Crippen LogP contribution in [0.1, 0.15) is 37.1 Å². The lowest BCUT2D eigenvalue weighted by atomic mass is 10.0. The van der Waals surface area contributed by atoms with E-state index in [-0.39, 0.29) is 12.1 Å². The molecule has 0 spiro atoms. The molecular formula is C14H16N2O2. The van der Waals surface area contributed by atoms with Crippen LogP contribution in [0.15, 0.2) is 34.3 Å². The molecular weight excluding hydrogens is 228 g/mol. The van der Waals surface area contributed by atoms with Gasteiger partial charge in [-0.3, -0.25) is 0 Å². The quantitative estimate of drug-likeness (QED) is 0.802. The van der Waals surface area contributed by atoms with Crippen molar-refractivity contribution in [1.29, 1.82) is 0 Å². The van der Waals surface area contributed by atoms with Crippen LogP contribution in [0.25, 0.3) is 0 Å². The summed E-state index contributed by atoms with van der Waals surface area (Å²) in [4.78, 5) is 8.94. The van der Waals surface area contributed by atoms with E-state index in [2.05, 4.69) is 34.3 Å².